The van der Waals surface area contributed by atoms with Gasteiger partial charge in [-0.3, -0.25) is 4.79 Å². The van der Waals surface area contributed by atoms with Crippen molar-refractivity contribution in [2.75, 3.05) is 0 Å². The van der Waals surface area contributed by atoms with Crippen LogP contribution in [0.5, 0.6) is 0 Å². The molecule has 1 fully saturated rings. The number of nitrogens with one attached hydrogen (secondary N) is 1. The largest absolute Gasteiger partial charge is 0.459 e. The lowest BCUT2D eigenvalue weighted by atomic mass is 9.93. The molecule has 0 spiro atoms. The second-order valence-corrected chi connectivity index (χ2v) is 3.96. The first-order valence-electron chi connectivity index (χ1n) is 5.28. The number of rotatable bonds is 2. The summed E-state index contributed by atoms with van der Waals surface area (Å²) in [6.07, 6.45) is 4.51. The summed E-state index contributed by atoms with van der Waals surface area (Å²) in [7, 11) is 0. The fourth-order valence-corrected chi connectivity index (χ4v) is 1.88. The molecule has 0 bridgehead atoms. The molecular formula is C11H15NO3. The Hall–Kier alpha value is -1.29. The van der Waals surface area contributed by atoms with Crippen molar-refractivity contribution in [1.82, 2.24) is 5.32 Å². The van der Waals surface area contributed by atoms with Gasteiger partial charge in [0.15, 0.2) is 5.76 Å². The molecule has 82 valence electrons. The maximum atomic E-state index is 11.6. The Morgan fingerprint density at radius 3 is 2.73 bits per heavy atom. The second-order valence-electron chi connectivity index (χ2n) is 3.96. The van der Waals surface area contributed by atoms with Crippen molar-refractivity contribution in [3.63, 3.8) is 0 Å². The van der Waals surface area contributed by atoms with Crippen molar-refractivity contribution in [3.8, 4) is 0 Å². The van der Waals surface area contributed by atoms with Gasteiger partial charge in [0, 0.05) is 6.04 Å². The molecule has 1 aliphatic rings. The van der Waals surface area contributed by atoms with Crippen molar-refractivity contribution in [2.24, 2.45) is 0 Å². The molecule has 1 aromatic rings. The van der Waals surface area contributed by atoms with Gasteiger partial charge in [-0.2, -0.15) is 0 Å². The van der Waals surface area contributed by atoms with Crippen molar-refractivity contribution in [2.45, 2.75) is 37.8 Å². The monoisotopic (exact) mass is 209 g/mol. The third-order valence-electron chi connectivity index (χ3n) is 2.78. The van der Waals surface area contributed by atoms with Gasteiger partial charge in [0.25, 0.3) is 5.91 Å². The van der Waals surface area contributed by atoms with Gasteiger partial charge in [0.2, 0.25) is 0 Å². The van der Waals surface area contributed by atoms with Gasteiger partial charge in [-0.05, 0) is 37.8 Å². The Kier molecular flexibility index (Phi) is 3.06. The van der Waals surface area contributed by atoms with Gasteiger partial charge in [0.05, 0.1) is 12.4 Å². The lowest BCUT2D eigenvalue weighted by Crippen LogP contribution is -2.38. The minimum atomic E-state index is -0.193. The number of aliphatic hydroxyl groups is 1. The summed E-state index contributed by atoms with van der Waals surface area (Å²) in [5.74, 6) is 0.183. The predicted octanol–water partition coefficient (Wildman–Crippen LogP) is 1.31. The van der Waals surface area contributed by atoms with Gasteiger partial charge in [-0.15, -0.1) is 0 Å². The fraction of sp³-hybridized carbons (Fsp3) is 0.545. The topological polar surface area (TPSA) is 62.5 Å². The Morgan fingerprint density at radius 1 is 1.40 bits per heavy atom. The van der Waals surface area contributed by atoms with E-state index >= 15 is 0 Å². The molecule has 1 amide bonds. The molecule has 1 heterocycles. The molecule has 0 radical (unpaired) electrons. The highest BCUT2D eigenvalue weighted by Gasteiger charge is 2.21. The van der Waals surface area contributed by atoms with Crippen LogP contribution in [0.2, 0.25) is 0 Å². The fourth-order valence-electron chi connectivity index (χ4n) is 1.88. The summed E-state index contributed by atoms with van der Waals surface area (Å²) in [5.41, 5.74) is 0. The van der Waals surface area contributed by atoms with Gasteiger partial charge >= 0.3 is 0 Å². The first kappa shape index (κ1) is 10.2. The molecule has 0 unspecified atom stereocenters. The maximum Gasteiger partial charge on any atom is 0.287 e. The first-order chi connectivity index (χ1) is 7.25. The van der Waals surface area contributed by atoms with Crippen molar-refractivity contribution >= 4 is 5.91 Å². The van der Waals surface area contributed by atoms with Crippen LogP contribution >= 0.6 is 0 Å². The Bertz CT molecular complexity index is 313. The lowest BCUT2D eigenvalue weighted by Gasteiger charge is -2.25. The molecule has 0 aromatic carbocycles. The number of carbonyl (C=O) groups excluding carboxylic acids is 1. The molecule has 2 rings (SSSR count). The molecule has 1 aromatic heterocycles. The summed E-state index contributed by atoms with van der Waals surface area (Å²) in [6, 6.07) is 3.51. The summed E-state index contributed by atoms with van der Waals surface area (Å²) < 4.78 is 5.00. The highest BCUT2D eigenvalue weighted by atomic mass is 16.3. The van der Waals surface area contributed by atoms with Crippen LogP contribution in [0, 0.1) is 0 Å². The van der Waals surface area contributed by atoms with E-state index in [4.69, 9.17) is 4.42 Å². The van der Waals surface area contributed by atoms with Gasteiger partial charge in [-0.1, -0.05) is 0 Å². The van der Waals surface area contributed by atoms with Crippen LogP contribution in [0.1, 0.15) is 36.2 Å². The van der Waals surface area contributed by atoms with Crippen molar-refractivity contribution in [1.29, 1.82) is 0 Å². The standard InChI is InChI=1S/C11H15NO3/c13-9-5-3-8(4-6-9)12-11(14)10-2-1-7-15-10/h1-2,7-9,13H,3-6H2,(H,12,14). The van der Waals surface area contributed by atoms with E-state index in [1.54, 1.807) is 12.1 Å². The van der Waals surface area contributed by atoms with Crippen molar-refractivity contribution in [3.05, 3.63) is 24.2 Å². The van der Waals surface area contributed by atoms with E-state index in [-0.39, 0.29) is 18.1 Å². The number of aliphatic hydroxyl groups excluding tert-OH is 1. The average molecular weight is 209 g/mol. The SMILES string of the molecule is O=C(NC1CCC(O)CC1)c1ccco1. The van der Waals surface area contributed by atoms with Crippen LogP contribution < -0.4 is 5.32 Å². The molecule has 2 N–H and O–H groups in total. The van der Waals surface area contributed by atoms with E-state index in [1.165, 1.54) is 6.26 Å². The highest BCUT2D eigenvalue weighted by Crippen LogP contribution is 2.18. The highest BCUT2D eigenvalue weighted by molar-refractivity contribution is 5.91. The Balaban J connectivity index is 1.85. The van der Waals surface area contributed by atoms with Crippen LogP contribution in [-0.2, 0) is 0 Å². The number of carbonyl (C=O) groups is 1. The summed E-state index contributed by atoms with van der Waals surface area (Å²) in [6.45, 7) is 0. The van der Waals surface area contributed by atoms with Crippen molar-refractivity contribution < 1.29 is 14.3 Å². The maximum absolute atomic E-state index is 11.6. The number of hydrogen-bond donors (Lipinski definition) is 2. The van der Waals surface area contributed by atoms with Crippen LogP contribution in [0.3, 0.4) is 0 Å². The normalized spacial score (nSPS) is 26.2. The molecular weight excluding hydrogens is 194 g/mol. The summed E-state index contributed by atoms with van der Waals surface area (Å²) >= 11 is 0. The van der Waals surface area contributed by atoms with E-state index < -0.39 is 0 Å². The van der Waals surface area contributed by atoms with Gasteiger partial charge in [-0.25, -0.2) is 0 Å². The zero-order valence-electron chi connectivity index (χ0n) is 8.48. The van der Waals surface area contributed by atoms with E-state index in [0.717, 1.165) is 25.7 Å². The quantitative estimate of drug-likeness (QED) is 0.772. The molecule has 0 aliphatic heterocycles. The van der Waals surface area contributed by atoms with Crippen LogP contribution in [0.15, 0.2) is 22.8 Å². The summed E-state index contributed by atoms with van der Waals surface area (Å²) in [5, 5.41) is 12.2. The number of amides is 1. The third kappa shape index (κ3) is 2.59. The lowest BCUT2D eigenvalue weighted by molar-refractivity contribution is 0.0843. The average Bonchev–Trinajstić information content (AvgIpc) is 2.74. The van der Waals surface area contributed by atoms with Gasteiger partial charge in [0.1, 0.15) is 0 Å². The molecule has 1 aliphatic carbocycles. The predicted molar refractivity (Wildman–Crippen MR) is 54.4 cm³/mol. The molecule has 0 saturated heterocycles. The molecule has 1 saturated carbocycles. The minimum absolute atomic E-state index is 0.165. The Morgan fingerprint density at radius 2 is 2.13 bits per heavy atom. The zero-order valence-corrected chi connectivity index (χ0v) is 8.48. The smallest absolute Gasteiger partial charge is 0.287 e. The minimum Gasteiger partial charge on any atom is -0.459 e. The molecule has 15 heavy (non-hydrogen) atoms. The Labute approximate surface area is 88.3 Å². The van der Waals surface area contributed by atoms with E-state index in [1.807, 2.05) is 0 Å². The second kappa shape index (κ2) is 4.49. The number of furan rings is 1. The van der Waals surface area contributed by atoms with E-state index in [2.05, 4.69) is 5.32 Å². The third-order valence-corrected chi connectivity index (χ3v) is 2.78. The number of hydrogen-bond acceptors (Lipinski definition) is 3. The van der Waals surface area contributed by atoms with Crippen LogP contribution in [0.4, 0.5) is 0 Å². The zero-order chi connectivity index (χ0) is 10.7. The summed E-state index contributed by atoms with van der Waals surface area (Å²) in [4.78, 5) is 11.6. The molecule has 0 atom stereocenters. The first-order valence-corrected chi connectivity index (χ1v) is 5.28. The molecule has 4 nitrogen and oxygen atoms in total. The van der Waals surface area contributed by atoms with E-state index in [0.29, 0.717) is 5.76 Å². The van der Waals surface area contributed by atoms with E-state index in [9.17, 15) is 9.90 Å². The molecule has 4 heteroatoms. The van der Waals surface area contributed by atoms with Gasteiger partial charge < -0.3 is 14.8 Å². The van der Waals surface area contributed by atoms with Crippen LogP contribution in [-0.4, -0.2) is 23.2 Å². The van der Waals surface area contributed by atoms with Crippen LogP contribution in [0.25, 0.3) is 0 Å².